The van der Waals surface area contributed by atoms with Crippen molar-refractivity contribution in [3.05, 3.63) is 29.8 Å². The summed E-state index contributed by atoms with van der Waals surface area (Å²) >= 11 is 0. The summed E-state index contributed by atoms with van der Waals surface area (Å²) in [6.45, 7) is 5.88. The molecule has 2 atom stereocenters. The van der Waals surface area contributed by atoms with Crippen molar-refractivity contribution in [1.29, 1.82) is 0 Å². The van der Waals surface area contributed by atoms with Gasteiger partial charge in [-0.1, -0.05) is 12.1 Å². The highest BCUT2D eigenvalue weighted by atomic mass is 16.5. The van der Waals surface area contributed by atoms with Gasteiger partial charge in [0.15, 0.2) is 0 Å². The zero-order valence-corrected chi connectivity index (χ0v) is 22.1. The van der Waals surface area contributed by atoms with Gasteiger partial charge in [0.05, 0.1) is 20.8 Å². The van der Waals surface area contributed by atoms with Crippen molar-refractivity contribution in [2.24, 2.45) is 5.92 Å². The van der Waals surface area contributed by atoms with E-state index in [1.165, 1.54) is 12.0 Å². The number of amides is 4. The second kappa shape index (κ2) is 13.3. The molecule has 37 heavy (non-hydrogen) atoms. The van der Waals surface area contributed by atoms with Gasteiger partial charge in [-0.15, -0.1) is 0 Å². The number of piperazine rings is 1. The van der Waals surface area contributed by atoms with E-state index in [4.69, 9.17) is 9.47 Å². The third-order valence-corrected chi connectivity index (χ3v) is 6.76. The lowest BCUT2D eigenvalue weighted by molar-refractivity contribution is -0.147. The summed E-state index contributed by atoms with van der Waals surface area (Å²) in [7, 11) is 2.83. The van der Waals surface area contributed by atoms with E-state index >= 15 is 0 Å². The Kier molecular flexibility index (Phi) is 10.1. The maximum absolute atomic E-state index is 13.6. The topological polar surface area (TPSA) is 129 Å². The molecule has 11 nitrogen and oxygen atoms in total. The van der Waals surface area contributed by atoms with E-state index < -0.39 is 24.0 Å². The first kappa shape index (κ1) is 28.2. The van der Waals surface area contributed by atoms with Crippen LogP contribution in [0.5, 0.6) is 5.75 Å². The first-order valence-electron chi connectivity index (χ1n) is 12.8. The number of esters is 1. The Hall–Kier alpha value is -3.34. The van der Waals surface area contributed by atoms with Gasteiger partial charge in [-0.2, -0.15) is 0 Å². The van der Waals surface area contributed by atoms with E-state index in [1.807, 2.05) is 26.0 Å². The van der Waals surface area contributed by atoms with E-state index in [0.29, 0.717) is 12.3 Å². The van der Waals surface area contributed by atoms with Crippen molar-refractivity contribution in [3.8, 4) is 5.75 Å². The summed E-state index contributed by atoms with van der Waals surface area (Å²) in [5.74, 6) is -0.522. The Balaban J connectivity index is 1.78. The molecule has 3 rings (SSSR count). The predicted molar refractivity (Wildman–Crippen MR) is 137 cm³/mol. The number of carbonyl (C=O) groups is 4. The third kappa shape index (κ3) is 7.58. The lowest BCUT2D eigenvalue weighted by atomic mass is 9.95. The van der Waals surface area contributed by atoms with Crippen LogP contribution in [0.2, 0.25) is 0 Å². The summed E-state index contributed by atoms with van der Waals surface area (Å²) in [6, 6.07) is 4.76. The first-order chi connectivity index (χ1) is 17.7. The Morgan fingerprint density at radius 2 is 1.70 bits per heavy atom. The van der Waals surface area contributed by atoms with E-state index in [2.05, 4.69) is 16.0 Å². The minimum Gasteiger partial charge on any atom is -0.497 e. The molecular formula is C26H39N5O6. The number of nitrogens with one attached hydrogen (secondary N) is 3. The number of rotatable bonds is 8. The highest BCUT2D eigenvalue weighted by Crippen LogP contribution is 2.20. The number of hydrogen-bond acceptors (Lipinski definition) is 7. The molecule has 3 N–H and O–H groups in total. The van der Waals surface area contributed by atoms with E-state index in [9.17, 15) is 19.2 Å². The summed E-state index contributed by atoms with van der Waals surface area (Å²) in [4.78, 5) is 55.4. The number of methoxy groups -OCH3 is 2. The standard InChI is InChI=1S/C26H39N5O6/c1-17(2)28-26(35)31-14-13-30(24(33)19-9-11-27-12-10-19)16-22(31)23(32)29-21(25(34)37-4)15-18-5-7-20(36-3)8-6-18/h5-8,17,19,21-22,27H,9-16H2,1-4H3,(H,28,35)(H,29,32). The SMILES string of the molecule is COC(=O)C(Cc1ccc(OC)cc1)NC(=O)C1CN(C(=O)C2CCNCC2)CCN1C(=O)NC(C)C. The predicted octanol–water partition coefficient (Wildman–Crippen LogP) is 0.526. The molecule has 0 spiro atoms. The third-order valence-electron chi connectivity index (χ3n) is 6.76. The summed E-state index contributed by atoms with van der Waals surface area (Å²) in [5, 5.41) is 8.87. The molecule has 0 aliphatic carbocycles. The Morgan fingerprint density at radius 3 is 2.30 bits per heavy atom. The smallest absolute Gasteiger partial charge is 0.328 e. The van der Waals surface area contributed by atoms with E-state index in [0.717, 1.165) is 31.5 Å². The van der Waals surface area contributed by atoms with Gasteiger partial charge in [0.25, 0.3) is 0 Å². The molecule has 1 aromatic rings. The number of ether oxygens (including phenoxy) is 2. The normalized spacial score (nSPS) is 19.2. The minimum absolute atomic E-state index is 0.00553. The molecule has 0 radical (unpaired) electrons. The average molecular weight is 518 g/mol. The molecule has 2 saturated heterocycles. The van der Waals surface area contributed by atoms with Crippen LogP contribution in [0.15, 0.2) is 24.3 Å². The molecule has 2 heterocycles. The summed E-state index contributed by atoms with van der Waals surface area (Å²) in [5.41, 5.74) is 0.803. The lowest BCUT2D eigenvalue weighted by Gasteiger charge is -2.42. The molecule has 0 saturated carbocycles. The maximum atomic E-state index is 13.6. The van der Waals surface area contributed by atoms with Crippen molar-refractivity contribution >= 4 is 23.8 Å². The lowest BCUT2D eigenvalue weighted by Crippen LogP contribution is -2.65. The zero-order valence-electron chi connectivity index (χ0n) is 22.1. The van der Waals surface area contributed by atoms with Gasteiger partial charge < -0.3 is 35.2 Å². The second-order valence-corrected chi connectivity index (χ2v) is 9.76. The van der Waals surface area contributed by atoms with Crippen molar-refractivity contribution < 1.29 is 28.7 Å². The molecule has 0 bridgehead atoms. The molecule has 2 aliphatic heterocycles. The summed E-state index contributed by atoms with van der Waals surface area (Å²) in [6.07, 6.45) is 1.69. The van der Waals surface area contributed by atoms with Crippen molar-refractivity contribution in [3.63, 3.8) is 0 Å². The Bertz CT molecular complexity index is 947. The van der Waals surface area contributed by atoms with E-state index in [-0.39, 0.29) is 43.4 Å². The van der Waals surface area contributed by atoms with Gasteiger partial charge in [0.1, 0.15) is 17.8 Å². The molecular weight excluding hydrogens is 478 g/mol. The maximum Gasteiger partial charge on any atom is 0.328 e. The van der Waals surface area contributed by atoms with Gasteiger partial charge in [-0.3, -0.25) is 9.59 Å². The van der Waals surface area contributed by atoms with Gasteiger partial charge in [-0.25, -0.2) is 9.59 Å². The number of piperidine rings is 1. The Morgan fingerprint density at radius 1 is 1.03 bits per heavy atom. The van der Waals surface area contributed by atoms with Gasteiger partial charge in [-0.05, 0) is 57.5 Å². The highest BCUT2D eigenvalue weighted by Gasteiger charge is 2.40. The quantitative estimate of drug-likeness (QED) is 0.429. The molecule has 2 unspecified atom stereocenters. The average Bonchev–Trinajstić information content (AvgIpc) is 2.91. The minimum atomic E-state index is -0.962. The fraction of sp³-hybridized carbons (Fsp3) is 0.615. The number of urea groups is 1. The van der Waals surface area contributed by atoms with E-state index in [1.54, 1.807) is 24.1 Å². The van der Waals surface area contributed by atoms with Crippen molar-refractivity contribution in [2.75, 3.05) is 46.9 Å². The molecule has 0 aromatic heterocycles. The van der Waals surface area contributed by atoms with Crippen LogP contribution in [-0.2, 0) is 25.5 Å². The Labute approximate surface area is 218 Å². The van der Waals surface area contributed by atoms with Crippen LogP contribution in [0.3, 0.4) is 0 Å². The van der Waals surface area contributed by atoms with Crippen molar-refractivity contribution in [2.45, 2.75) is 51.2 Å². The largest absolute Gasteiger partial charge is 0.497 e. The van der Waals surface area contributed by atoms with Gasteiger partial charge in [0.2, 0.25) is 11.8 Å². The van der Waals surface area contributed by atoms with Crippen LogP contribution in [0.25, 0.3) is 0 Å². The molecule has 11 heteroatoms. The molecule has 4 amide bonds. The molecule has 1 aromatic carbocycles. The number of carbonyl (C=O) groups excluding carboxylic acids is 4. The highest BCUT2D eigenvalue weighted by molar-refractivity contribution is 5.92. The number of nitrogens with zero attached hydrogens (tertiary/aromatic N) is 2. The monoisotopic (exact) mass is 517 g/mol. The fourth-order valence-electron chi connectivity index (χ4n) is 4.71. The second-order valence-electron chi connectivity index (χ2n) is 9.76. The van der Waals surface area contributed by atoms with Crippen molar-refractivity contribution in [1.82, 2.24) is 25.8 Å². The fourth-order valence-corrected chi connectivity index (χ4v) is 4.71. The van der Waals surface area contributed by atoms with Crippen LogP contribution in [0.1, 0.15) is 32.3 Å². The molecule has 204 valence electrons. The van der Waals surface area contributed by atoms with Gasteiger partial charge >= 0.3 is 12.0 Å². The van der Waals surface area contributed by atoms with Crippen LogP contribution in [-0.4, -0.2) is 98.7 Å². The van der Waals surface area contributed by atoms with Crippen LogP contribution >= 0.6 is 0 Å². The number of benzene rings is 1. The molecule has 2 fully saturated rings. The zero-order chi connectivity index (χ0) is 26.9. The molecule has 2 aliphatic rings. The number of hydrogen-bond donors (Lipinski definition) is 3. The summed E-state index contributed by atoms with van der Waals surface area (Å²) < 4.78 is 10.1. The van der Waals surface area contributed by atoms with Crippen LogP contribution in [0, 0.1) is 5.92 Å². The van der Waals surface area contributed by atoms with Gasteiger partial charge in [0, 0.05) is 31.5 Å². The van der Waals surface area contributed by atoms with Crippen LogP contribution < -0.4 is 20.7 Å². The first-order valence-corrected chi connectivity index (χ1v) is 12.8. The van der Waals surface area contributed by atoms with Crippen LogP contribution in [0.4, 0.5) is 4.79 Å².